The fraction of sp³-hybridized carbons (Fsp3) is 0.278. The van der Waals surface area contributed by atoms with Gasteiger partial charge in [-0.2, -0.15) is 0 Å². The summed E-state index contributed by atoms with van der Waals surface area (Å²) in [5.41, 5.74) is 0.100. The van der Waals surface area contributed by atoms with Crippen LogP contribution in [0.3, 0.4) is 0 Å². The monoisotopic (exact) mass is 360 g/mol. The maximum atomic E-state index is 13.3. The number of imidazole rings is 1. The van der Waals surface area contributed by atoms with E-state index < -0.39 is 22.9 Å². The highest BCUT2D eigenvalue weighted by atomic mass is 19.1. The molecule has 0 spiro atoms. The van der Waals surface area contributed by atoms with Crippen molar-refractivity contribution >= 4 is 23.3 Å². The first-order valence-electron chi connectivity index (χ1n) is 8.21. The summed E-state index contributed by atoms with van der Waals surface area (Å²) in [7, 11) is 1.66. The van der Waals surface area contributed by atoms with E-state index in [0.717, 1.165) is 10.6 Å². The van der Waals surface area contributed by atoms with Gasteiger partial charge in [-0.1, -0.05) is 6.08 Å². The molecule has 1 aromatic carbocycles. The van der Waals surface area contributed by atoms with Crippen LogP contribution in [-0.4, -0.2) is 18.7 Å². The molecule has 0 amide bonds. The summed E-state index contributed by atoms with van der Waals surface area (Å²) < 4.78 is 30.8. The van der Waals surface area contributed by atoms with Crippen LogP contribution in [0, 0.1) is 11.6 Å². The van der Waals surface area contributed by atoms with E-state index in [0.29, 0.717) is 29.1 Å². The Balaban J connectivity index is 2.21. The van der Waals surface area contributed by atoms with Crippen molar-refractivity contribution in [3.63, 3.8) is 0 Å². The molecule has 0 radical (unpaired) electrons. The fourth-order valence-electron chi connectivity index (χ4n) is 2.93. The third-order valence-corrected chi connectivity index (χ3v) is 4.22. The van der Waals surface area contributed by atoms with Crippen molar-refractivity contribution in [2.75, 3.05) is 0 Å². The minimum atomic E-state index is -0.680. The van der Waals surface area contributed by atoms with Crippen molar-refractivity contribution in [1.29, 1.82) is 0 Å². The lowest BCUT2D eigenvalue weighted by atomic mass is 10.2. The maximum absolute atomic E-state index is 13.3. The van der Waals surface area contributed by atoms with Gasteiger partial charge >= 0.3 is 5.69 Å². The zero-order chi connectivity index (χ0) is 19.0. The summed E-state index contributed by atoms with van der Waals surface area (Å²) in [6.07, 6.45) is 3.05. The first-order valence-corrected chi connectivity index (χ1v) is 8.21. The molecule has 0 saturated carbocycles. The summed E-state index contributed by atoms with van der Waals surface area (Å²) >= 11 is 0. The molecule has 26 heavy (non-hydrogen) atoms. The number of benzene rings is 1. The van der Waals surface area contributed by atoms with Gasteiger partial charge in [-0.05, 0) is 37.6 Å². The number of fused-ring (bicyclic) bond motifs is 1. The highest BCUT2D eigenvalue weighted by Gasteiger charge is 2.17. The van der Waals surface area contributed by atoms with E-state index in [-0.39, 0.29) is 6.54 Å². The van der Waals surface area contributed by atoms with Gasteiger partial charge in [-0.15, -0.1) is 0 Å². The van der Waals surface area contributed by atoms with Gasteiger partial charge in [0, 0.05) is 26.2 Å². The standard InChI is InChI=1S/C18H18F2N4O2/c1-4-23-16-15(17(25)24(5-2)18(23)26)22(3)14(21-16)7-6-11-8-12(19)10-13(20)9-11/h6-10H,4-5H2,1-3H3. The Hall–Kier alpha value is -3.03. The molecular weight excluding hydrogens is 342 g/mol. The molecule has 0 aliphatic heterocycles. The minimum absolute atomic E-state index is 0.256. The summed E-state index contributed by atoms with van der Waals surface area (Å²) in [6, 6.07) is 3.17. The summed E-state index contributed by atoms with van der Waals surface area (Å²) in [5.74, 6) is -0.960. The normalized spacial score (nSPS) is 11.7. The van der Waals surface area contributed by atoms with E-state index >= 15 is 0 Å². The Labute approximate surface area is 147 Å². The van der Waals surface area contributed by atoms with Crippen LogP contribution < -0.4 is 11.2 Å². The van der Waals surface area contributed by atoms with E-state index in [1.807, 2.05) is 0 Å². The minimum Gasteiger partial charge on any atom is -0.322 e. The van der Waals surface area contributed by atoms with Crippen LogP contribution in [-0.2, 0) is 20.1 Å². The number of aryl methyl sites for hydroxylation is 2. The van der Waals surface area contributed by atoms with Crippen LogP contribution in [0.4, 0.5) is 8.78 Å². The zero-order valence-electron chi connectivity index (χ0n) is 14.7. The Morgan fingerprint density at radius 2 is 1.62 bits per heavy atom. The Morgan fingerprint density at radius 3 is 2.19 bits per heavy atom. The van der Waals surface area contributed by atoms with Gasteiger partial charge in [-0.25, -0.2) is 18.6 Å². The van der Waals surface area contributed by atoms with Crippen LogP contribution in [0.5, 0.6) is 0 Å². The number of hydrogen-bond acceptors (Lipinski definition) is 3. The van der Waals surface area contributed by atoms with Crippen molar-refractivity contribution < 1.29 is 8.78 Å². The number of aromatic nitrogens is 4. The van der Waals surface area contributed by atoms with E-state index in [9.17, 15) is 18.4 Å². The first-order chi connectivity index (χ1) is 12.4. The molecule has 2 heterocycles. The third-order valence-electron chi connectivity index (χ3n) is 4.22. The quantitative estimate of drug-likeness (QED) is 0.718. The Morgan fingerprint density at radius 1 is 1.00 bits per heavy atom. The van der Waals surface area contributed by atoms with Crippen LogP contribution in [0.2, 0.25) is 0 Å². The van der Waals surface area contributed by atoms with Crippen molar-refractivity contribution in [1.82, 2.24) is 18.7 Å². The van der Waals surface area contributed by atoms with Crippen LogP contribution in [0.15, 0.2) is 27.8 Å². The zero-order valence-corrected chi connectivity index (χ0v) is 14.7. The first kappa shape index (κ1) is 17.8. The Kier molecular flexibility index (Phi) is 4.58. The topological polar surface area (TPSA) is 61.8 Å². The number of rotatable bonds is 4. The second-order valence-corrected chi connectivity index (χ2v) is 5.81. The lowest BCUT2D eigenvalue weighted by molar-refractivity contribution is 0.583. The lowest BCUT2D eigenvalue weighted by Gasteiger charge is -2.08. The SMILES string of the molecule is CCn1c(=O)c2c(nc(C=Cc3cc(F)cc(F)c3)n2C)n(CC)c1=O. The fourth-order valence-corrected chi connectivity index (χ4v) is 2.93. The summed E-state index contributed by atoms with van der Waals surface area (Å²) in [6.45, 7) is 4.15. The van der Waals surface area contributed by atoms with Crippen molar-refractivity contribution in [2.45, 2.75) is 26.9 Å². The predicted molar refractivity (Wildman–Crippen MR) is 95.9 cm³/mol. The molecule has 0 aliphatic rings. The number of nitrogens with zero attached hydrogens (tertiary/aromatic N) is 4. The average Bonchev–Trinajstić information content (AvgIpc) is 2.90. The van der Waals surface area contributed by atoms with E-state index in [1.165, 1.54) is 22.8 Å². The average molecular weight is 360 g/mol. The molecule has 0 fully saturated rings. The molecule has 0 saturated heterocycles. The maximum Gasteiger partial charge on any atom is 0.332 e. The second-order valence-electron chi connectivity index (χ2n) is 5.81. The van der Waals surface area contributed by atoms with Crippen LogP contribution >= 0.6 is 0 Å². The van der Waals surface area contributed by atoms with Crippen molar-refractivity contribution in [3.8, 4) is 0 Å². The van der Waals surface area contributed by atoms with Gasteiger partial charge in [0.2, 0.25) is 0 Å². The lowest BCUT2D eigenvalue weighted by Crippen LogP contribution is -2.39. The van der Waals surface area contributed by atoms with E-state index in [1.54, 1.807) is 31.5 Å². The van der Waals surface area contributed by atoms with Gasteiger partial charge < -0.3 is 4.57 Å². The predicted octanol–water partition coefficient (Wildman–Crippen LogP) is 2.39. The second kappa shape index (κ2) is 6.70. The largest absolute Gasteiger partial charge is 0.332 e. The molecule has 0 bridgehead atoms. The number of hydrogen-bond donors (Lipinski definition) is 0. The molecule has 136 valence electrons. The molecule has 0 N–H and O–H groups in total. The van der Waals surface area contributed by atoms with Crippen LogP contribution in [0.1, 0.15) is 25.2 Å². The van der Waals surface area contributed by atoms with Crippen molar-refractivity contribution in [3.05, 3.63) is 62.1 Å². The highest BCUT2D eigenvalue weighted by Crippen LogP contribution is 2.15. The molecule has 8 heteroatoms. The Bertz CT molecular complexity index is 1120. The molecule has 3 aromatic rings. The third kappa shape index (κ3) is 2.87. The van der Waals surface area contributed by atoms with E-state index in [2.05, 4.69) is 4.98 Å². The summed E-state index contributed by atoms with van der Waals surface area (Å²) in [4.78, 5) is 29.4. The molecular formula is C18H18F2N4O2. The highest BCUT2D eigenvalue weighted by molar-refractivity contribution is 5.76. The van der Waals surface area contributed by atoms with Gasteiger partial charge in [0.1, 0.15) is 17.5 Å². The molecule has 0 unspecified atom stereocenters. The van der Waals surface area contributed by atoms with Gasteiger partial charge in [0.05, 0.1) is 0 Å². The van der Waals surface area contributed by atoms with Gasteiger partial charge in [0.25, 0.3) is 5.56 Å². The molecule has 2 aromatic heterocycles. The summed E-state index contributed by atoms with van der Waals surface area (Å²) in [5, 5.41) is 0. The molecule has 3 rings (SSSR count). The van der Waals surface area contributed by atoms with Gasteiger partial charge in [0.15, 0.2) is 11.2 Å². The molecule has 6 nitrogen and oxygen atoms in total. The van der Waals surface area contributed by atoms with Gasteiger partial charge in [-0.3, -0.25) is 13.9 Å². The van der Waals surface area contributed by atoms with E-state index in [4.69, 9.17) is 0 Å². The van der Waals surface area contributed by atoms with Crippen LogP contribution in [0.25, 0.3) is 23.3 Å². The number of halogens is 2. The molecule has 0 atom stereocenters. The smallest absolute Gasteiger partial charge is 0.322 e. The van der Waals surface area contributed by atoms with Crippen molar-refractivity contribution in [2.24, 2.45) is 7.05 Å². The molecule has 0 aliphatic carbocycles.